The molecule has 0 fully saturated rings. The number of carbonyl (C=O) groups excluding carboxylic acids is 1. The predicted octanol–water partition coefficient (Wildman–Crippen LogP) is 5.77. The molecule has 0 aliphatic carbocycles. The number of hydrogen-bond acceptors (Lipinski definition) is 2. The van der Waals surface area contributed by atoms with Crippen LogP contribution >= 0.6 is 0 Å². The zero-order chi connectivity index (χ0) is 23.6. The second-order valence-corrected chi connectivity index (χ2v) is 7.17. The Labute approximate surface area is 185 Å². The molecule has 4 nitrogen and oxygen atoms in total. The number of rotatable bonds is 5. The van der Waals surface area contributed by atoms with Crippen LogP contribution in [0.3, 0.4) is 0 Å². The van der Waals surface area contributed by atoms with Crippen molar-refractivity contribution in [3.8, 4) is 16.8 Å². The fraction of sp³-hybridized carbons (Fsp3) is 0.0833. The molecule has 168 valence electrons. The van der Waals surface area contributed by atoms with Crippen molar-refractivity contribution in [3.05, 3.63) is 108 Å². The number of amides is 1. The minimum atomic E-state index is -4.52. The summed E-state index contributed by atoms with van der Waals surface area (Å²) < 4.78 is 68.2. The Morgan fingerprint density at radius 1 is 0.939 bits per heavy atom. The lowest BCUT2D eigenvalue weighted by molar-refractivity contribution is -0.137. The van der Waals surface area contributed by atoms with Crippen LogP contribution in [0.25, 0.3) is 16.8 Å². The quantitative estimate of drug-likeness (QED) is 0.387. The van der Waals surface area contributed by atoms with E-state index >= 15 is 0 Å². The molecule has 0 bridgehead atoms. The molecule has 0 unspecified atom stereocenters. The normalized spacial score (nSPS) is 11.4. The Bertz CT molecular complexity index is 1310. The number of halogens is 5. The lowest BCUT2D eigenvalue weighted by Gasteiger charge is -2.14. The maximum Gasteiger partial charge on any atom is 0.417 e. The van der Waals surface area contributed by atoms with E-state index in [9.17, 15) is 26.7 Å². The Hall–Kier alpha value is -4.01. The summed E-state index contributed by atoms with van der Waals surface area (Å²) in [5.74, 6) is -2.56. The van der Waals surface area contributed by atoms with Crippen LogP contribution in [0.15, 0.2) is 79.3 Å². The summed E-state index contributed by atoms with van der Waals surface area (Å²) in [6.45, 7) is -0.0553. The van der Waals surface area contributed by atoms with E-state index in [0.29, 0.717) is 16.8 Å². The van der Waals surface area contributed by atoms with Crippen LogP contribution < -0.4 is 5.32 Å². The number of alkyl halides is 3. The third-order valence-electron chi connectivity index (χ3n) is 4.98. The van der Waals surface area contributed by atoms with E-state index in [-0.39, 0.29) is 17.8 Å². The number of hydrogen-bond donors (Lipinski definition) is 1. The van der Waals surface area contributed by atoms with Crippen LogP contribution in [0.5, 0.6) is 0 Å². The molecule has 4 rings (SSSR count). The molecule has 1 N–H and O–H groups in total. The average molecular weight is 457 g/mol. The Kier molecular flexibility index (Phi) is 5.95. The van der Waals surface area contributed by atoms with E-state index in [1.807, 2.05) is 0 Å². The second kappa shape index (κ2) is 8.85. The Morgan fingerprint density at radius 2 is 1.73 bits per heavy atom. The summed E-state index contributed by atoms with van der Waals surface area (Å²) in [4.78, 5) is 16.6. The molecular formula is C24H16F5N3O. The SMILES string of the molecule is O=C(NCc1ccc(F)c(F)c1)c1cncn1-c1cccc(-c2ccccc2C(F)(F)F)c1. The van der Waals surface area contributed by atoms with E-state index < -0.39 is 29.3 Å². The van der Waals surface area contributed by atoms with Gasteiger partial charge in [-0.25, -0.2) is 13.8 Å². The number of carbonyl (C=O) groups is 1. The molecule has 0 atom stereocenters. The molecule has 0 radical (unpaired) electrons. The molecule has 0 spiro atoms. The van der Waals surface area contributed by atoms with Crippen molar-refractivity contribution in [1.82, 2.24) is 14.9 Å². The van der Waals surface area contributed by atoms with Crippen LogP contribution in [0.4, 0.5) is 22.0 Å². The second-order valence-electron chi connectivity index (χ2n) is 7.17. The maximum atomic E-state index is 13.4. The minimum absolute atomic E-state index is 0.0105. The monoisotopic (exact) mass is 457 g/mol. The molecule has 9 heteroatoms. The van der Waals surface area contributed by atoms with Crippen molar-refractivity contribution < 1.29 is 26.7 Å². The third kappa shape index (κ3) is 4.77. The summed E-state index contributed by atoms with van der Waals surface area (Å²) in [5, 5.41) is 2.60. The lowest BCUT2D eigenvalue weighted by Crippen LogP contribution is -2.25. The van der Waals surface area contributed by atoms with Crippen molar-refractivity contribution in [2.24, 2.45) is 0 Å². The van der Waals surface area contributed by atoms with Gasteiger partial charge in [-0.1, -0.05) is 36.4 Å². The first-order chi connectivity index (χ1) is 15.7. The van der Waals surface area contributed by atoms with E-state index in [2.05, 4.69) is 10.3 Å². The average Bonchev–Trinajstić information content (AvgIpc) is 3.29. The lowest BCUT2D eigenvalue weighted by atomic mass is 9.99. The molecule has 1 aromatic heterocycles. The maximum absolute atomic E-state index is 13.4. The molecule has 0 saturated carbocycles. The molecule has 0 saturated heterocycles. The van der Waals surface area contributed by atoms with Gasteiger partial charge in [0.25, 0.3) is 5.91 Å². The molecular weight excluding hydrogens is 441 g/mol. The van der Waals surface area contributed by atoms with Crippen LogP contribution in [-0.2, 0) is 12.7 Å². The summed E-state index contributed by atoms with van der Waals surface area (Å²) in [6, 6.07) is 14.8. The van der Waals surface area contributed by atoms with E-state index in [4.69, 9.17) is 0 Å². The van der Waals surface area contributed by atoms with E-state index in [1.54, 1.807) is 18.2 Å². The molecule has 0 aliphatic rings. The van der Waals surface area contributed by atoms with Crippen LogP contribution in [0.1, 0.15) is 21.6 Å². The van der Waals surface area contributed by atoms with Gasteiger partial charge >= 0.3 is 6.18 Å². The van der Waals surface area contributed by atoms with Gasteiger partial charge in [0.1, 0.15) is 5.69 Å². The number of nitrogens with one attached hydrogen (secondary N) is 1. The standard InChI is InChI=1S/C24H16F5N3O/c25-20-9-8-15(10-21(20)26)12-31-23(33)22-13-30-14-32(22)17-5-3-4-16(11-17)18-6-1-2-7-19(18)24(27,28)29/h1-11,13-14H,12H2,(H,31,33). The third-order valence-corrected chi connectivity index (χ3v) is 4.98. The van der Waals surface area contributed by atoms with Crippen molar-refractivity contribution in [1.29, 1.82) is 0 Å². The van der Waals surface area contributed by atoms with Crippen molar-refractivity contribution >= 4 is 5.91 Å². The van der Waals surface area contributed by atoms with Crippen LogP contribution in [0, 0.1) is 11.6 Å². The molecule has 4 aromatic rings. The highest BCUT2D eigenvalue weighted by Crippen LogP contribution is 2.37. The van der Waals surface area contributed by atoms with Gasteiger partial charge in [0.2, 0.25) is 0 Å². The van der Waals surface area contributed by atoms with Gasteiger partial charge in [-0.3, -0.25) is 9.36 Å². The number of aromatic nitrogens is 2. The topological polar surface area (TPSA) is 46.9 Å². The van der Waals surface area contributed by atoms with Crippen LogP contribution in [0.2, 0.25) is 0 Å². The van der Waals surface area contributed by atoms with Gasteiger partial charge in [0.05, 0.1) is 18.1 Å². The summed E-state index contributed by atoms with van der Waals surface area (Å²) >= 11 is 0. The minimum Gasteiger partial charge on any atom is -0.347 e. The molecule has 3 aromatic carbocycles. The van der Waals surface area contributed by atoms with Crippen molar-refractivity contribution in [2.75, 3.05) is 0 Å². The summed E-state index contributed by atoms with van der Waals surface area (Å²) in [7, 11) is 0. The predicted molar refractivity (Wildman–Crippen MR) is 112 cm³/mol. The van der Waals surface area contributed by atoms with Gasteiger partial charge in [-0.2, -0.15) is 13.2 Å². The van der Waals surface area contributed by atoms with E-state index in [0.717, 1.165) is 18.2 Å². The fourth-order valence-corrected chi connectivity index (χ4v) is 3.40. The van der Waals surface area contributed by atoms with Crippen molar-refractivity contribution in [3.63, 3.8) is 0 Å². The van der Waals surface area contributed by atoms with E-state index in [1.165, 1.54) is 47.4 Å². The highest BCUT2D eigenvalue weighted by atomic mass is 19.4. The molecule has 1 heterocycles. The molecule has 0 aliphatic heterocycles. The van der Waals surface area contributed by atoms with Crippen molar-refractivity contribution in [2.45, 2.75) is 12.7 Å². The highest BCUT2D eigenvalue weighted by molar-refractivity contribution is 5.93. The smallest absolute Gasteiger partial charge is 0.347 e. The number of nitrogens with zero attached hydrogens (tertiary/aromatic N) is 2. The molecule has 1 amide bonds. The van der Waals surface area contributed by atoms with Gasteiger partial charge in [-0.15, -0.1) is 0 Å². The first-order valence-corrected chi connectivity index (χ1v) is 9.75. The first kappa shape index (κ1) is 22.2. The summed E-state index contributed by atoms with van der Waals surface area (Å²) in [6.07, 6.45) is -1.86. The van der Waals surface area contributed by atoms with Gasteiger partial charge in [-0.05, 0) is 47.0 Å². The zero-order valence-corrected chi connectivity index (χ0v) is 16.9. The number of benzene rings is 3. The molecule has 33 heavy (non-hydrogen) atoms. The van der Waals surface area contributed by atoms with Crippen LogP contribution in [-0.4, -0.2) is 15.5 Å². The largest absolute Gasteiger partial charge is 0.417 e. The van der Waals surface area contributed by atoms with Gasteiger partial charge in [0, 0.05) is 12.2 Å². The van der Waals surface area contributed by atoms with Gasteiger partial charge in [0.15, 0.2) is 11.6 Å². The van der Waals surface area contributed by atoms with Gasteiger partial charge < -0.3 is 5.32 Å². The fourth-order valence-electron chi connectivity index (χ4n) is 3.40. The Morgan fingerprint density at radius 3 is 2.48 bits per heavy atom. The first-order valence-electron chi connectivity index (χ1n) is 9.75. The zero-order valence-electron chi connectivity index (χ0n) is 16.9. The number of imidazole rings is 1. The highest BCUT2D eigenvalue weighted by Gasteiger charge is 2.33. The Balaban J connectivity index is 1.61. The summed E-state index contributed by atoms with van der Waals surface area (Å²) in [5.41, 5.74) is 0.480.